The van der Waals surface area contributed by atoms with Crippen LogP contribution in [-0.2, 0) is 4.79 Å². The van der Waals surface area contributed by atoms with E-state index >= 15 is 0 Å². The third-order valence-electron chi connectivity index (χ3n) is 3.95. The van der Waals surface area contributed by atoms with Gasteiger partial charge in [0, 0.05) is 30.4 Å². The lowest BCUT2D eigenvalue weighted by Gasteiger charge is -2.37. The van der Waals surface area contributed by atoms with Gasteiger partial charge in [0.1, 0.15) is 6.04 Å². The van der Waals surface area contributed by atoms with E-state index in [0.717, 1.165) is 10.9 Å². The first-order valence-electron chi connectivity index (χ1n) is 7.24. The maximum Gasteiger partial charge on any atom is 0.254 e. The molecule has 0 bridgehead atoms. The summed E-state index contributed by atoms with van der Waals surface area (Å²) >= 11 is 0. The maximum atomic E-state index is 12.8. The minimum atomic E-state index is -0.398. The van der Waals surface area contributed by atoms with Crippen LogP contribution in [0.25, 0.3) is 10.9 Å². The monoisotopic (exact) mass is 285 g/mol. The van der Waals surface area contributed by atoms with Gasteiger partial charge in [0.05, 0.1) is 0 Å². The number of carbonyl (C=O) groups is 2. The molecule has 2 heterocycles. The lowest BCUT2D eigenvalue weighted by Crippen LogP contribution is -2.59. The molecule has 3 rings (SSSR count). The van der Waals surface area contributed by atoms with Crippen molar-refractivity contribution >= 4 is 22.7 Å². The van der Waals surface area contributed by atoms with Crippen molar-refractivity contribution in [2.45, 2.75) is 19.9 Å². The van der Waals surface area contributed by atoms with Gasteiger partial charge in [0.2, 0.25) is 5.91 Å². The molecule has 5 nitrogen and oxygen atoms in total. The summed E-state index contributed by atoms with van der Waals surface area (Å²) in [4.78, 5) is 29.6. The first kappa shape index (κ1) is 13.7. The van der Waals surface area contributed by atoms with E-state index in [1.54, 1.807) is 4.90 Å². The molecule has 0 unspecified atom stereocenters. The molecule has 1 fully saturated rings. The Labute approximate surface area is 123 Å². The molecule has 2 N–H and O–H groups in total. The fourth-order valence-corrected chi connectivity index (χ4v) is 2.92. The second-order valence-electron chi connectivity index (χ2n) is 5.76. The number of benzene rings is 1. The smallest absolute Gasteiger partial charge is 0.254 e. The molecule has 1 aromatic carbocycles. The lowest BCUT2D eigenvalue weighted by molar-refractivity contribution is -0.129. The van der Waals surface area contributed by atoms with Crippen LogP contribution < -0.4 is 5.32 Å². The number of aromatic nitrogens is 1. The largest absolute Gasteiger partial charge is 0.361 e. The molecule has 0 saturated carbocycles. The van der Waals surface area contributed by atoms with Gasteiger partial charge in [-0.3, -0.25) is 9.59 Å². The van der Waals surface area contributed by atoms with Crippen LogP contribution in [0, 0.1) is 5.92 Å². The van der Waals surface area contributed by atoms with Crippen LogP contribution >= 0.6 is 0 Å². The van der Waals surface area contributed by atoms with Crippen molar-refractivity contribution in [3.05, 3.63) is 36.0 Å². The second-order valence-corrected chi connectivity index (χ2v) is 5.76. The molecular formula is C16H19N3O2. The fourth-order valence-electron chi connectivity index (χ4n) is 2.92. The van der Waals surface area contributed by atoms with Crippen LogP contribution in [0.4, 0.5) is 0 Å². The summed E-state index contributed by atoms with van der Waals surface area (Å²) in [6.07, 6.45) is 1.85. The summed E-state index contributed by atoms with van der Waals surface area (Å²) in [5, 5.41) is 3.91. The van der Waals surface area contributed by atoms with Gasteiger partial charge in [-0.05, 0) is 29.5 Å². The number of fused-ring (bicyclic) bond motifs is 1. The molecule has 1 saturated heterocycles. The number of aromatic amines is 1. The molecule has 1 atom stereocenters. The third-order valence-corrected chi connectivity index (χ3v) is 3.95. The Morgan fingerprint density at radius 2 is 2.14 bits per heavy atom. The SMILES string of the molecule is CC(C)[C@@H]1C(=O)NCCN1C(=O)c1ccc2cc[nH]c2c1. The Morgan fingerprint density at radius 1 is 1.33 bits per heavy atom. The fraction of sp³-hybridized carbons (Fsp3) is 0.375. The van der Waals surface area contributed by atoms with Gasteiger partial charge in [-0.15, -0.1) is 0 Å². The van der Waals surface area contributed by atoms with Gasteiger partial charge in [0.25, 0.3) is 5.91 Å². The van der Waals surface area contributed by atoms with E-state index in [0.29, 0.717) is 18.7 Å². The number of amides is 2. The molecular weight excluding hydrogens is 266 g/mol. The van der Waals surface area contributed by atoms with E-state index in [1.807, 2.05) is 44.3 Å². The van der Waals surface area contributed by atoms with Crippen molar-refractivity contribution < 1.29 is 9.59 Å². The highest BCUT2D eigenvalue weighted by Crippen LogP contribution is 2.20. The predicted octanol–water partition coefficient (Wildman–Crippen LogP) is 1.76. The summed E-state index contributed by atoms with van der Waals surface area (Å²) in [5.41, 5.74) is 1.55. The van der Waals surface area contributed by atoms with Crippen molar-refractivity contribution in [1.29, 1.82) is 0 Å². The molecule has 0 spiro atoms. The van der Waals surface area contributed by atoms with Gasteiger partial charge in [-0.1, -0.05) is 19.9 Å². The highest BCUT2D eigenvalue weighted by Gasteiger charge is 2.35. The van der Waals surface area contributed by atoms with Crippen molar-refractivity contribution in [1.82, 2.24) is 15.2 Å². The molecule has 1 aliphatic rings. The number of hydrogen-bond acceptors (Lipinski definition) is 2. The zero-order valence-electron chi connectivity index (χ0n) is 12.2. The van der Waals surface area contributed by atoms with Gasteiger partial charge in [-0.2, -0.15) is 0 Å². The van der Waals surface area contributed by atoms with Gasteiger partial charge >= 0.3 is 0 Å². The molecule has 2 amide bonds. The van der Waals surface area contributed by atoms with Crippen molar-refractivity contribution in [3.63, 3.8) is 0 Å². The standard InChI is InChI=1S/C16H19N3O2/c1-10(2)14-15(20)18-7-8-19(14)16(21)12-4-3-11-5-6-17-13(11)9-12/h3-6,9-10,14,17H,7-8H2,1-2H3,(H,18,20)/t14-/m1/s1. The molecule has 0 aliphatic carbocycles. The average Bonchev–Trinajstić information content (AvgIpc) is 2.93. The first-order valence-corrected chi connectivity index (χ1v) is 7.24. The summed E-state index contributed by atoms with van der Waals surface area (Å²) < 4.78 is 0. The Kier molecular flexibility index (Phi) is 3.41. The summed E-state index contributed by atoms with van der Waals surface area (Å²) in [6.45, 7) is 4.99. The molecule has 1 aliphatic heterocycles. The molecule has 5 heteroatoms. The maximum absolute atomic E-state index is 12.8. The minimum absolute atomic E-state index is 0.0643. The van der Waals surface area contributed by atoms with Crippen molar-refractivity contribution in [3.8, 4) is 0 Å². The molecule has 110 valence electrons. The molecule has 0 radical (unpaired) electrons. The number of nitrogens with one attached hydrogen (secondary N) is 2. The van der Waals surface area contributed by atoms with Crippen LogP contribution in [0.2, 0.25) is 0 Å². The Morgan fingerprint density at radius 3 is 2.90 bits per heavy atom. The lowest BCUT2D eigenvalue weighted by atomic mass is 9.98. The van der Waals surface area contributed by atoms with E-state index in [2.05, 4.69) is 10.3 Å². The highest BCUT2D eigenvalue weighted by atomic mass is 16.2. The molecule has 1 aromatic heterocycles. The van der Waals surface area contributed by atoms with Crippen LogP contribution in [0.1, 0.15) is 24.2 Å². The number of hydrogen-bond donors (Lipinski definition) is 2. The molecule has 2 aromatic rings. The van der Waals surface area contributed by atoms with Crippen molar-refractivity contribution in [2.24, 2.45) is 5.92 Å². The number of piperazine rings is 1. The first-order chi connectivity index (χ1) is 10.1. The van der Waals surface area contributed by atoms with Crippen LogP contribution in [0.3, 0.4) is 0 Å². The van der Waals surface area contributed by atoms with E-state index in [9.17, 15) is 9.59 Å². The second kappa shape index (κ2) is 5.24. The Balaban J connectivity index is 1.93. The topological polar surface area (TPSA) is 65.2 Å². The van der Waals surface area contributed by atoms with E-state index in [-0.39, 0.29) is 17.7 Å². The van der Waals surface area contributed by atoms with Crippen LogP contribution in [0.5, 0.6) is 0 Å². The number of nitrogens with zero attached hydrogens (tertiary/aromatic N) is 1. The van der Waals surface area contributed by atoms with E-state index in [1.165, 1.54) is 0 Å². The van der Waals surface area contributed by atoms with Crippen LogP contribution in [0.15, 0.2) is 30.5 Å². The Bertz CT molecular complexity index is 690. The highest BCUT2D eigenvalue weighted by molar-refractivity contribution is 6.00. The molecule has 21 heavy (non-hydrogen) atoms. The Hall–Kier alpha value is -2.30. The minimum Gasteiger partial charge on any atom is -0.361 e. The predicted molar refractivity (Wildman–Crippen MR) is 81.0 cm³/mol. The van der Waals surface area contributed by atoms with Crippen molar-refractivity contribution in [2.75, 3.05) is 13.1 Å². The zero-order chi connectivity index (χ0) is 15.0. The zero-order valence-corrected chi connectivity index (χ0v) is 12.2. The van der Waals surface area contributed by atoms with E-state index in [4.69, 9.17) is 0 Å². The summed E-state index contributed by atoms with van der Waals surface area (Å²) in [7, 11) is 0. The quantitative estimate of drug-likeness (QED) is 0.883. The van der Waals surface area contributed by atoms with Gasteiger partial charge < -0.3 is 15.2 Å². The number of rotatable bonds is 2. The summed E-state index contributed by atoms with van der Waals surface area (Å²) in [6, 6.07) is 7.16. The van der Waals surface area contributed by atoms with Crippen LogP contribution in [-0.4, -0.2) is 40.8 Å². The number of carbonyl (C=O) groups excluding carboxylic acids is 2. The van der Waals surface area contributed by atoms with Gasteiger partial charge in [0.15, 0.2) is 0 Å². The normalized spacial score (nSPS) is 19.1. The van der Waals surface area contributed by atoms with E-state index < -0.39 is 6.04 Å². The summed E-state index contributed by atoms with van der Waals surface area (Å²) in [5.74, 6) is -0.0610. The average molecular weight is 285 g/mol. The third kappa shape index (κ3) is 2.39. The number of H-pyrrole nitrogens is 1. The van der Waals surface area contributed by atoms with Gasteiger partial charge in [-0.25, -0.2) is 0 Å².